The molecule has 2 aliphatic heterocycles. The average Bonchev–Trinajstić information content (AvgIpc) is 3.60. The van der Waals surface area contributed by atoms with Crippen LogP contribution in [0, 0.1) is 17.2 Å². The fourth-order valence-corrected chi connectivity index (χ4v) is 5.60. The largest absolute Gasteiger partial charge is 0.497 e. The van der Waals surface area contributed by atoms with Gasteiger partial charge < -0.3 is 19.3 Å². The zero-order valence-corrected chi connectivity index (χ0v) is 20.8. The molecule has 2 aromatic rings. The summed E-state index contributed by atoms with van der Waals surface area (Å²) in [5.41, 5.74) is 1.02. The molecule has 1 spiro atoms. The molecule has 3 fully saturated rings. The molecule has 2 heterocycles. The molecule has 2 saturated heterocycles. The minimum absolute atomic E-state index is 0.0152. The number of piperidine rings is 1. The average molecular weight is 496 g/mol. The number of ether oxygens (including phenoxy) is 2. The smallest absolute Gasteiger partial charge is 0.260 e. The van der Waals surface area contributed by atoms with Crippen LogP contribution in [-0.4, -0.2) is 79.5 Å². The van der Waals surface area contributed by atoms with Crippen LogP contribution in [0.4, 0.5) is 4.39 Å². The van der Waals surface area contributed by atoms with Gasteiger partial charge in [0, 0.05) is 51.7 Å². The Kier molecular flexibility index (Phi) is 7.14. The number of likely N-dealkylation sites (tertiary alicyclic amines) is 1. The van der Waals surface area contributed by atoms with Crippen molar-refractivity contribution in [3.05, 3.63) is 59.9 Å². The first-order chi connectivity index (χ1) is 17.5. The first-order valence-corrected chi connectivity index (χ1v) is 12.8. The predicted molar refractivity (Wildman–Crippen MR) is 133 cm³/mol. The Balaban J connectivity index is 1.04. The number of carbonyl (C=O) groups is 2. The highest BCUT2D eigenvalue weighted by Gasteiger charge is 2.59. The lowest BCUT2D eigenvalue weighted by atomic mass is 9.90. The van der Waals surface area contributed by atoms with E-state index in [1.165, 1.54) is 6.07 Å². The van der Waals surface area contributed by atoms with E-state index in [1.807, 2.05) is 15.9 Å². The molecule has 1 atom stereocenters. The van der Waals surface area contributed by atoms with Crippen molar-refractivity contribution in [3.8, 4) is 11.5 Å². The van der Waals surface area contributed by atoms with Crippen LogP contribution in [0.3, 0.4) is 0 Å². The molecule has 7 nitrogen and oxygen atoms in total. The Morgan fingerprint density at radius 2 is 1.64 bits per heavy atom. The van der Waals surface area contributed by atoms with E-state index in [-0.39, 0.29) is 35.6 Å². The van der Waals surface area contributed by atoms with Crippen molar-refractivity contribution in [2.24, 2.45) is 11.3 Å². The zero-order chi connectivity index (χ0) is 25.1. The lowest BCUT2D eigenvalue weighted by molar-refractivity contribution is -0.136. The topological polar surface area (TPSA) is 62.3 Å². The first-order valence-electron chi connectivity index (χ1n) is 12.8. The zero-order valence-electron chi connectivity index (χ0n) is 20.8. The summed E-state index contributed by atoms with van der Waals surface area (Å²) >= 11 is 0. The number of carbonyl (C=O) groups excluding carboxylic acids is 2. The maximum Gasteiger partial charge on any atom is 0.260 e. The Hall–Kier alpha value is -3.13. The van der Waals surface area contributed by atoms with Gasteiger partial charge in [0.05, 0.1) is 7.11 Å². The summed E-state index contributed by atoms with van der Waals surface area (Å²) in [5.74, 6) is 1.51. The molecular formula is C28H34FN3O4. The maximum atomic E-state index is 13.5. The van der Waals surface area contributed by atoms with Crippen molar-refractivity contribution < 1.29 is 23.5 Å². The lowest BCUT2D eigenvalue weighted by Gasteiger charge is -2.36. The second-order valence-electron chi connectivity index (χ2n) is 10.2. The number of benzene rings is 2. The van der Waals surface area contributed by atoms with Gasteiger partial charge in [-0.05, 0) is 66.6 Å². The van der Waals surface area contributed by atoms with Gasteiger partial charge in [-0.3, -0.25) is 14.5 Å². The quantitative estimate of drug-likeness (QED) is 0.591. The molecule has 8 heteroatoms. The van der Waals surface area contributed by atoms with Gasteiger partial charge in [0.15, 0.2) is 6.61 Å². The number of methoxy groups -OCH3 is 1. The van der Waals surface area contributed by atoms with Crippen molar-refractivity contribution in [1.29, 1.82) is 0 Å². The van der Waals surface area contributed by atoms with Crippen LogP contribution in [0.5, 0.6) is 11.5 Å². The number of hydrogen-bond acceptors (Lipinski definition) is 5. The number of hydrogen-bond donors (Lipinski definition) is 0. The van der Waals surface area contributed by atoms with Gasteiger partial charge in [0.2, 0.25) is 5.91 Å². The minimum Gasteiger partial charge on any atom is -0.497 e. The fourth-order valence-electron chi connectivity index (χ4n) is 5.60. The summed E-state index contributed by atoms with van der Waals surface area (Å²) in [5, 5.41) is 0. The van der Waals surface area contributed by atoms with E-state index in [1.54, 1.807) is 43.5 Å². The van der Waals surface area contributed by atoms with Gasteiger partial charge in [0.25, 0.3) is 5.91 Å². The van der Waals surface area contributed by atoms with Gasteiger partial charge in [-0.15, -0.1) is 0 Å². The molecule has 0 radical (unpaired) electrons. The molecule has 2 amide bonds. The van der Waals surface area contributed by atoms with Gasteiger partial charge in [-0.1, -0.05) is 12.1 Å². The standard InChI is InChI=1S/C28H34FN3O4/c1-35-23-5-7-24(8-6-23)36-20-26(33)31-11-9-28(10-12-31)18-25(28)27(34)32-15-13-30(14-16-32)19-21-3-2-4-22(29)17-21/h2-8,17,25H,9-16,18-20H2,1H3. The molecule has 2 aromatic carbocycles. The monoisotopic (exact) mass is 495 g/mol. The SMILES string of the molecule is COc1ccc(OCC(=O)N2CCC3(CC2)CC3C(=O)N2CCN(Cc3cccc(F)c3)CC2)cc1. The Morgan fingerprint density at radius 1 is 0.944 bits per heavy atom. The summed E-state index contributed by atoms with van der Waals surface area (Å²) in [7, 11) is 1.61. The first kappa shape index (κ1) is 24.6. The maximum absolute atomic E-state index is 13.5. The summed E-state index contributed by atoms with van der Waals surface area (Å²) in [6.07, 6.45) is 2.67. The van der Waals surface area contributed by atoms with Crippen LogP contribution >= 0.6 is 0 Å². The second-order valence-corrected chi connectivity index (χ2v) is 10.2. The van der Waals surface area contributed by atoms with E-state index in [4.69, 9.17) is 9.47 Å². The Morgan fingerprint density at radius 3 is 2.31 bits per heavy atom. The van der Waals surface area contributed by atoms with Crippen molar-refractivity contribution in [2.45, 2.75) is 25.8 Å². The molecule has 0 N–H and O–H groups in total. The lowest BCUT2D eigenvalue weighted by Crippen LogP contribution is -2.49. The number of rotatable bonds is 7. The number of piperazine rings is 1. The molecule has 192 valence electrons. The molecule has 1 saturated carbocycles. The Bertz CT molecular complexity index is 1080. The molecule has 1 aliphatic carbocycles. The normalized spacial score (nSPS) is 21.3. The summed E-state index contributed by atoms with van der Waals surface area (Å²) in [6.45, 7) is 5.12. The predicted octanol–water partition coefficient (Wildman–Crippen LogP) is 3.19. The number of halogens is 1. The van der Waals surface area contributed by atoms with Crippen LogP contribution in [0.15, 0.2) is 48.5 Å². The highest BCUT2D eigenvalue weighted by molar-refractivity contribution is 5.83. The van der Waals surface area contributed by atoms with Crippen molar-refractivity contribution in [2.75, 3.05) is 53.0 Å². The molecular weight excluding hydrogens is 461 g/mol. The third-order valence-corrected chi connectivity index (χ3v) is 8.00. The summed E-state index contributed by atoms with van der Waals surface area (Å²) in [4.78, 5) is 32.0. The van der Waals surface area contributed by atoms with Crippen molar-refractivity contribution in [1.82, 2.24) is 14.7 Å². The van der Waals surface area contributed by atoms with Gasteiger partial charge in [-0.2, -0.15) is 0 Å². The summed E-state index contributed by atoms with van der Waals surface area (Å²) in [6, 6.07) is 13.9. The van der Waals surface area contributed by atoms with Gasteiger partial charge in [0.1, 0.15) is 17.3 Å². The Labute approximate surface area is 211 Å². The van der Waals surface area contributed by atoms with E-state index < -0.39 is 0 Å². The molecule has 3 aliphatic rings. The third-order valence-electron chi connectivity index (χ3n) is 8.00. The van der Waals surface area contributed by atoms with Crippen LogP contribution in [0.25, 0.3) is 0 Å². The molecule has 36 heavy (non-hydrogen) atoms. The number of nitrogens with zero attached hydrogens (tertiary/aromatic N) is 3. The van der Waals surface area contributed by atoms with E-state index >= 15 is 0 Å². The van der Waals surface area contributed by atoms with Crippen molar-refractivity contribution in [3.63, 3.8) is 0 Å². The molecule has 0 bridgehead atoms. The van der Waals surface area contributed by atoms with E-state index in [0.717, 1.165) is 43.7 Å². The highest BCUT2D eigenvalue weighted by Crippen LogP contribution is 2.60. The van der Waals surface area contributed by atoms with Crippen molar-refractivity contribution >= 4 is 11.8 Å². The van der Waals surface area contributed by atoms with Crippen LogP contribution in [0.2, 0.25) is 0 Å². The van der Waals surface area contributed by atoms with Gasteiger partial charge in [-0.25, -0.2) is 4.39 Å². The van der Waals surface area contributed by atoms with Crippen LogP contribution < -0.4 is 9.47 Å². The second kappa shape index (κ2) is 10.5. The van der Waals surface area contributed by atoms with Crippen LogP contribution in [0.1, 0.15) is 24.8 Å². The molecule has 1 unspecified atom stereocenters. The number of amides is 2. The van der Waals surface area contributed by atoms with E-state index in [2.05, 4.69) is 4.90 Å². The van der Waals surface area contributed by atoms with E-state index in [9.17, 15) is 14.0 Å². The fraction of sp³-hybridized carbons (Fsp3) is 0.500. The highest BCUT2D eigenvalue weighted by atomic mass is 19.1. The third kappa shape index (κ3) is 5.48. The van der Waals surface area contributed by atoms with Crippen LogP contribution in [-0.2, 0) is 16.1 Å². The minimum atomic E-state index is -0.210. The van der Waals surface area contributed by atoms with E-state index in [0.29, 0.717) is 38.5 Å². The van der Waals surface area contributed by atoms with Gasteiger partial charge >= 0.3 is 0 Å². The molecule has 0 aromatic heterocycles. The molecule has 5 rings (SSSR count). The summed E-state index contributed by atoms with van der Waals surface area (Å²) < 4.78 is 24.2.